The lowest BCUT2D eigenvalue weighted by Crippen LogP contribution is -2.65. The molecule has 2 N–H and O–H groups in total. The molecule has 2 bridgehead atoms. The third-order valence-electron chi connectivity index (χ3n) is 4.25. The van der Waals surface area contributed by atoms with Gasteiger partial charge in [0.25, 0.3) is 0 Å². The van der Waals surface area contributed by atoms with E-state index in [1.165, 1.54) is 0 Å². The summed E-state index contributed by atoms with van der Waals surface area (Å²) in [5.41, 5.74) is 6.14. The second-order valence-corrected chi connectivity index (χ2v) is 5.97. The molecule has 22 heavy (non-hydrogen) atoms. The summed E-state index contributed by atoms with van der Waals surface area (Å²) in [5, 5.41) is 9.23. The van der Waals surface area contributed by atoms with E-state index in [4.69, 9.17) is 15.2 Å². The van der Waals surface area contributed by atoms with Crippen molar-refractivity contribution in [3.05, 3.63) is 35.9 Å². The van der Waals surface area contributed by atoms with Crippen LogP contribution in [0.2, 0.25) is 0 Å². The van der Waals surface area contributed by atoms with E-state index in [2.05, 4.69) is 6.07 Å². The largest absolute Gasteiger partial charge is 0.445 e. The number of nitrogens with two attached hydrogens (primary N) is 1. The molecule has 6 nitrogen and oxygen atoms in total. The Labute approximate surface area is 129 Å². The number of piperidine rings is 1. The number of benzene rings is 1. The van der Waals surface area contributed by atoms with E-state index in [1.807, 2.05) is 30.3 Å². The minimum atomic E-state index is -0.880. The summed E-state index contributed by atoms with van der Waals surface area (Å²) in [7, 11) is 0. The smallest absolute Gasteiger partial charge is 0.410 e. The highest BCUT2D eigenvalue weighted by Crippen LogP contribution is 2.33. The summed E-state index contributed by atoms with van der Waals surface area (Å²) in [6.07, 6.45) is 0.475. The quantitative estimate of drug-likeness (QED) is 0.892. The number of hydrogen-bond acceptors (Lipinski definition) is 5. The molecule has 2 heterocycles. The molecule has 2 aliphatic rings. The van der Waals surface area contributed by atoms with Crippen LogP contribution in [0, 0.1) is 11.3 Å². The Morgan fingerprint density at radius 1 is 1.36 bits per heavy atom. The number of nitrogens with zero attached hydrogens (tertiary/aromatic N) is 2. The van der Waals surface area contributed by atoms with Crippen molar-refractivity contribution in [3.8, 4) is 6.07 Å². The molecule has 0 aliphatic carbocycles. The van der Waals surface area contributed by atoms with E-state index in [1.54, 1.807) is 4.90 Å². The van der Waals surface area contributed by atoms with Gasteiger partial charge in [0.05, 0.1) is 31.4 Å². The monoisotopic (exact) mass is 301 g/mol. The number of hydrogen-bond donors (Lipinski definition) is 1. The molecular formula is C16H19N3O3. The van der Waals surface area contributed by atoms with Crippen molar-refractivity contribution in [1.82, 2.24) is 4.90 Å². The summed E-state index contributed by atoms with van der Waals surface area (Å²) < 4.78 is 10.9. The van der Waals surface area contributed by atoms with E-state index in [0.717, 1.165) is 5.56 Å². The fraction of sp³-hybridized carbons (Fsp3) is 0.500. The number of fused-ring (bicyclic) bond motifs is 2. The maximum Gasteiger partial charge on any atom is 0.410 e. The van der Waals surface area contributed by atoms with Crippen molar-refractivity contribution < 1.29 is 14.3 Å². The lowest BCUT2D eigenvalue weighted by atomic mass is 9.80. The lowest BCUT2D eigenvalue weighted by molar-refractivity contribution is -0.0775. The van der Waals surface area contributed by atoms with Gasteiger partial charge in [-0.1, -0.05) is 30.3 Å². The van der Waals surface area contributed by atoms with Gasteiger partial charge in [-0.2, -0.15) is 5.26 Å². The van der Waals surface area contributed by atoms with Gasteiger partial charge < -0.3 is 15.2 Å². The fourth-order valence-corrected chi connectivity index (χ4v) is 3.22. The van der Waals surface area contributed by atoms with Crippen LogP contribution in [-0.2, 0) is 16.1 Å². The third kappa shape index (κ3) is 2.91. The van der Waals surface area contributed by atoms with Crippen LogP contribution in [0.15, 0.2) is 30.3 Å². The number of amides is 1. The molecular weight excluding hydrogens is 282 g/mol. The molecule has 1 aromatic carbocycles. The Morgan fingerprint density at radius 2 is 2.00 bits per heavy atom. The number of carbonyl (C=O) groups is 1. The Kier molecular flexibility index (Phi) is 4.01. The number of ether oxygens (including phenoxy) is 2. The van der Waals surface area contributed by atoms with Gasteiger partial charge >= 0.3 is 6.09 Å². The first-order valence-corrected chi connectivity index (χ1v) is 7.38. The molecule has 0 aromatic heterocycles. The highest BCUT2D eigenvalue weighted by Gasteiger charge is 2.48. The van der Waals surface area contributed by atoms with Crippen molar-refractivity contribution >= 4 is 6.09 Å². The standard InChI is InChI=1S/C16H19N3O3/c17-11-16(18)6-13-9-21-10-14(7-16)19(13)15(20)22-8-12-4-2-1-3-5-12/h1-5,13-14H,6-10,18H2. The molecule has 0 saturated carbocycles. The van der Waals surface area contributed by atoms with E-state index in [-0.39, 0.29) is 24.8 Å². The van der Waals surface area contributed by atoms with Crippen LogP contribution in [0.5, 0.6) is 0 Å². The average Bonchev–Trinajstić information content (AvgIpc) is 2.53. The predicted octanol–water partition coefficient (Wildman–Crippen LogP) is 1.41. The van der Waals surface area contributed by atoms with Crippen LogP contribution in [-0.4, -0.2) is 41.8 Å². The molecule has 0 spiro atoms. The van der Waals surface area contributed by atoms with Gasteiger partial charge in [-0.05, 0) is 5.56 Å². The minimum Gasteiger partial charge on any atom is -0.445 e. The molecule has 3 rings (SSSR count). The summed E-state index contributed by atoms with van der Waals surface area (Å²) in [6.45, 7) is 1.04. The topological polar surface area (TPSA) is 88.6 Å². The maximum absolute atomic E-state index is 12.4. The van der Waals surface area contributed by atoms with Crippen LogP contribution >= 0.6 is 0 Å². The van der Waals surface area contributed by atoms with Gasteiger partial charge in [0.2, 0.25) is 0 Å². The van der Waals surface area contributed by atoms with Gasteiger partial charge in [-0.25, -0.2) is 4.79 Å². The normalized spacial score (nSPS) is 30.5. The first-order valence-electron chi connectivity index (χ1n) is 7.38. The Morgan fingerprint density at radius 3 is 2.59 bits per heavy atom. The summed E-state index contributed by atoms with van der Waals surface area (Å²) in [6, 6.07) is 11.3. The van der Waals surface area contributed by atoms with Gasteiger partial charge in [0.15, 0.2) is 0 Å². The van der Waals surface area contributed by atoms with Crippen molar-refractivity contribution in [1.29, 1.82) is 5.26 Å². The van der Waals surface area contributed by atoms with E-state index in [9.17, 15) is 10.1 Å². The zero-order chi connectivity index (χ0) is 15.6. The van der Waals surface area contributed by atoms with Crippen LogP contribution in [0.3, 0.4) is 0 Å². The molecule has 2 saturated heterocycles. The molecule has 6 heteroatoms. The Balaban J connectivity index is 1.66. The summed E-state index contributed by atoms with van der Waals surface area (Å²) in [5.74, 6) is 0. The minimum absolute atomic E-state index is 0.194. The zero-order valence-electron chi connectivity index (χ0n) is 12.3. The van der Waals surface area contributed by atoms with Gasteiger partial charge in [-0.3, -0.25) is 4.90 Å². The van der Waals surface area contributed by atoms with Crippen molar-refractivity contribution in [2.24, 2.45) is 5.73 Å². The summed E-state index contributed by atoms with van der Waals surface area (Å²) in [4.78, 5) is 14.1. The van der Waals surface area contributed by atoms with Crippen molar-refractivity contribution in [2.45, 2.75) is 37.1 Å². The highest BCUT2D eigenvalue weighted by molar-refractivity contribution is 5.69. The Hall–Kier alpha value is -2.10. The van der Waals surface area contributed by atoms with Gasteiger partial charge in [0.1, 0.15) is 12.1 Å². The second-order valence-electron chi connectivity index (χ2n) is 5.97. The van der Waals surface area contributed by atoms with Crippen molar-refractivity contribution in [3.63, 3.8) is 0 Å². The molecule has 2 fully saturated rings. The SMILES string of the molecule is N#CC1(N)CC2COCC(C1)N2C(=O)OCc1ccccc1. The van der Waals surface area contributed by atoms with E-state index >= 15 is 0 Å². The molecule has 2 aliphatic heterocycles. The van der Waals surface area contributed by atoms with E-state index < -0.39 is 5.54 Å². The molecule has 1 amide bonds. The molecule has 0 radical (unpaired) electrons. The predicted molar refractivity (Wildman–Crippen MR) is 78.6 cm³/mol. The number of rotatable bonds is 2. The first-order chi connectivity index (χ1) is 10.6. The highest BCUT2D eigenvalue weighted by atomic mass is 16.6. The van der Waals surface area contributed by atoms with Crippen molar-refractivity contribution in [2.75, 3.05) is 13.2 Å². The van der Waals surface area contributed by atoms with Gasteiger partial charge in [0, 0.05) is 12.8 Å². The van der Waals surface area contributed by atoms with E-state index in [0.29, 0.717) is 26.1 Å². The fourth-order valence-electron chi connectivity index (χ4n) is 3.22. The first kappa shape index (κ1) is 14.8. The lowest BCUT2D eigenvalue weighted by Gasteiger charge is -2.49. The third-order valence-corrected chi connectivity index (χ3v) is 4.25. The molecule has 116 valence electrons. The maximum atomic E-state index is 12.4. The van der Waals surface area contributed by atoms with Gasteiger partial charge in [-0.15, -0.1) is 0 Å². The zero-order valence-corrected chi connectivity index (χ0v) is 12.3. The molecule has 2 atom stereocenters. The Bertz CT molecular complexity index is 570. The number of morpholine rings is 1. The molecule has 1 aromatic rings. The number of carbonyl (C=O) groups excluding carboxylic acids is 1. The molecule has 2 unspecified atom stereocenters. The average molecular weight is 301 g/mol. The second kappa shape index (κ2) is 5.95. The van der Waals surface area contributed by atoms with Crippen LogP contribution in [0.4, 0.5) is 4.79 Å². The van der Waals surface area contributed by atoms with Crippen LogP contribution < -0.4 is 5.73 Å². The van der Waals surface area contributed by atoms with Crippen LogP contribution in [0.1, 0.15) is 18.4 Å². The number of nitriles is 1. The van der Waals surface area contributed by atoms with Crippen LogP contribution in [0.25, 0.3) is 0 Å². The summed E-state index contributed by atoms with van der Waals surface area (Å²) >= 11 is 0.